The zero-order valence-corrected chi connectivity index (χ0v) is 9.10. The van der Waals surface area contributed by atoms with Gasteiger partial charge in [0.15, 0.2) is 0 Å². The number of rotatable bonds is 2. The van der Waals surface area contributed by atoms with Crippen molar-refractivity contribution in [2.45, 2.75) is 18.9 Å². The van der Waals surface area contributed by atoms with Crippen molar-refractivity contribution in [3.8, 4) is 0 Å². The summed E-state index contributed by atoms with van der Waals surface area (Å²) in [6.45, 7) is 0.919. The van der Waals surface area contributed by atoms with Crippen LogP contribution in [0.5, 0.6) is 0 Å². The van der Waals surface area contributed by atoms with E-state index in [1.54, 1.807) is 6.20 Å². The van der Waals surface area contributed by atoms with Crippen LogP contribution in [0.1, 0.15) is 12.8 Å². The normalized spacial score (nSPS) is 21.1. The molecule has 5 nitrogen and oxygen atoms in total. The molecule has 0 bridgehead atoms. The van der Waals surface area contributed by atoms with Crippen LogP contribution >= 0.6 is 15.9 Å². The average Bonchev–Trinajstić information content (AvgIpc) is 2.77. The summed E-state index contributed by atoms with van der Waals surface area (Å²) in [5.41, 5.74) is 0. The summed E-state index contributed by atoms with van der Waals surface area (Å²) in [7, 11) is 0. The summed E-state index contributed by atoms with van der Waals surface area (Å²) >= 11 is 3.27. The Hall–Kier alpha value is -0.880. The van der Waals surface area contributed by atoms with E-state index in [1.807, 2.05) is 0 Å². The van der Waals surface area contributed by atoms with Gasteiger partial charge in [0, 0.05) is 0 Å². The predicted molar refractivity (Wildman–Crippen MR) is 55.9 cm³/mol. The molecule has 76 valence electrons. The van der Waals surface area contributed by atoms with Crippen LogP contribution in [0.15, 0.2) is 10.7 Å². The quantitative estimate of drug-likeness (QED) is 0.737. The van der Waals surface area contributed by atoms with Gasteiger partial charge in [0.2, 0.25) is 5.91 Å². The van der Waals surface area contributed by atoms with Gasteiger partial charge in [0.1, 0.15) is 5.82 Å². The van der Waals surface area contributed by atoms with Gasteiger partial charge in [0.05, 0.1) is 16.7 Å². The molecule has 2 rings (SSSR count). The second kappa shape index (κ2) is 4.10. The van der Waals surface area contributed by atoms with E-state index in [1.165, 1.54) is 0 Å². The number of anilines is 1. The van der Waals surface area contributed by atoms with Gasteiger partial charge in [-0.2, -0.15) is 5.10 Å². The number of hydrogen-bond acceptors (Lipinski definition) is 3. The second-order valence-electron chi connectivity index (χ2n) is 3.23. The molecule has 1 fully saturated rings. The first-order valence-electron chi connectivity index (χ1n) is 4.50. The Morgan fingerprint density at radius 3 is 3.14 bits per heavy atom. The largest absolute Gasteiger partial charge is 0.309 e. The molecule has 0 aliphatic carbocycles. The lowest BCUT2D eigenvalue weighted by atomic mass is 10.2. The van der Waals surface area contributed by atoms with Crippen molar-refractivity contribution in [2.75, 3.05) is 11.9 Å². The molecule has 1 atom stereocenters. The van der Waals surface area contributed by atoms with Gasteiger partial charge in [0.25, 0.3) is 0 Å². The molecule has 0 unspecified atom stereocenters. The lowest BCUT2D eigenvalue weighted by Crippen LogP contribution is -2.35. The molecule has 2 heterocycles. The van der Waals surface area contributed by atoms with E-state index >= 15 is 0 Å². The third kappa shape index (κ3) is 1.96. The first-order chi connectivity index (χ1) is 6.77. The number of amides is 1. The van der Waals surface area contributed by atoms with Crippen molar-refractivity contribution in [1.82, 2.24) is 15.5 Å². The standard InChI is InChI=1S/C8H11BrN4O/c9-5-4-11-13-7(5)12-8(14)6-2-1-3-10-6/h4,6,10H,1-3H2,(H2,11,12,13,14)/t6-/m0/s1. The first kappa shape index (κ1) is 9.67. The van der Waals surface area contributed by atoms with Crippen LogP contribution in [0.4, 0.5) is 5.82 Å². The number of nitrogens with one attached hydrogen (secondary N) is 3. The Balaban J connectivity index is 1.97. The van der Waals surface area contributed by atoms with Gasteiger partial charge in [-0.15, -0.1) is 0 Å². The van der Waals surface area contributed by atoms with Crippen LogP contribution in [-0.2, 0) is 4.79 Å². The maximum Gasteiger partial charge on any atom is 0.242 e. The zero-order chi connectivity index (χ0) is 9.97. The number of H-pyrrole nitrogens is 1. The number of nitrogens with zero attached hydrogens (tertiary/aromatic N) is 1. The molecule has 1 aliphatic heterocycles. The molecular formula is C8H11BrN4O. The van der Waals surface area contributed by atoms with Crippen LogP contribution in [0.25, 0.3) is 0 Å². The smallest absolute Gasteiger partial charge is 0.242 e. The molecule has 1 aliphatic rings. The van der Waals surface area contributed by atoms with E-state index in [4.69, 9.17) is 0 Å². The van der Waals surface area contributed by atoms with Gasteiger partial charge >= 0.3 is 0 Å². The van der Waals surface area contributed by atoms with Gasteiger partial charge in [-0.1, -0.05) is 0 Å². The second-order valence-corrected chi connectivity index (χ2v) is 4.09. The van der Waals surface area contributed by atoms with Gasteiger partial charge in [-0.25, -0.2) is 0 Å². The fraction of sp³-hybridized carbons (Fsp3) is 0.500. The Morgan fingerprint density at radius 1 is 1.71 bits per heavy atom. The van der Waals surface area contributed by atoms with Crippen molar-refractivity contribution in [2.24, 2.45) is 0 Å². The van der Waals surface area contributed by atoms with E-state index in [-0.39, 0.29) is 11.9 Å². The molecule has 6 heteroatoms. The SMILES string of the molecule is O=C(Nc1[nH]ncc1Br)[C@@H]1CCCN1. The third-order valence-corrected chi connectivity index (χ3v) is 2.82. The highest BCUT2D eigenvalue weighted by molar-refractivity contribution is 9.10. The fourth-order valence-electron chi connectivity index (χ4n) is 1.48. The zero-order valence-electron chi connectivity index (χ0n) is 7.51. The highest BCUT2D eigenvalue weighted by Gasteiger charge is 2.22. The van der Waals surface area contributed by atoms with Crippen molar-refractivity contribution >= 4 is 27.7 Å². The molecule has 0 aromatic carbocycles. The van der Waals surface area contributed by atoms with E-state index in [0.717, 1.165) is 23.9 Å². The maximum atomic E-state index is 11.6. The molecular weight excluding hydrogens is 248 g/mol. The number of carbonyl (C=O) groups excluding carboxylic acids is 1. The molecule has 1 aromatic rings. The summed E-state index contributed by atoms with van der Waals surface area (Å²) in [6.07, 6.45) is 3.57. The summed E-state index contributed by atoms with van der Waals surface area (Å²) in [5, 5.41) is 12.4. The number of aromatic nitrogens is 2. The number of carbonyl (C=O) groups is 1. The summed E-state index contributed by atoms with van der Waals surface area (Å²) in [6, 6.07) is -0.0646. The van der Waals surface area contributed by atoms with Crippen molar-refractivity contribution < 1.29 is 4.79 Å². The topological polar surface area (TPSA) is 69.8 Å². The molecule has 1 saturated heterocycles. The first-order valence-corrected chi connectivity index (χ1v) is 5.30. The van der Waals surface area contributed by atoms with Crippen molar-refractivity contribution in [3.63, 3.8) is 0 Å². The lowest BCUT2D eigenvalue weighted by Gasteiger charge is -2.09. The van der Waals surface area contributed by atoms with Crippen molar-refractivity contribution in [3.05, 3.63) is 10.7 Å². The van der Waals surface area contributed by atoms with Crippen LogP contribution in [0, 0.1) is 0 Å². The minimum Gasteiger partial charge on any atom is -0.309 e. The summed E-state index contributed by atoms with van der Waals surface area (Å²) in [4.78, 5) is 11.6. The van der Waals surface area contributed by atoms with Gasteiger partial charge in [-0.3, -0.25) is 9.89 Å². The highest BCUT2D eigenvalue weighted by Crippen LogP contribution is 2.18. The van der Waals surface area contributed by atoms with Gasteiger partial charge in [-0.05, 0) is 35.3 Å². The minimum absolute atomic E-state index is 0.00699. The lowest BCUT2D eigenvalue weighted by molar-refractivity contribution is -0.117. The fourth-order valence-corrected chi connectivity index (χ4v) is 1.77. The molecule has 0 spiro atoms. The summed E-state index contributed by atoms with van der Waals surface area (Å²) in [5.74, 6) is 0.608. The molecule has 14 heavy (non-hydrogen) atoms. The average molecular weight is 259 g/mol. The molecule has 1 amide bonds. The van der Waals surface area contributed by atoms with Crippen LogP contribution < -0.4 is 10.6 Å². The van der Waals surface area contributed by atoms with E-state index in [0.29, 0.717) is 5.82 Å². The number of hydrogen-bond donors (Lipinski definition) is 3. The maximum absolute atomic E-state index is 11.6. The Labute approximate surface area is 89.8 Å². The van der Waals surface area contributed by atoms with E-state index in [9.17, 15) is 4.79 Å². The third-order valence-electron chi connectivity index (χ3n) is 2.22. The molecule has 1 aromatic heterocycles. The minimum atomic E-state index is -0.0646. The van der Waals surface area contributed by atoms with E-state index in [2.05, 4.69) is 36.8 Å². The van der Waals surface area contributed by atoms with Crippen LogP contribution in [0.3, 0.4) is 0 Å². The molecule has 3 N–H and O–H groups in total. The molecule has 0 radical (unpaired) electrons. The highest BCUT2D eigenvalue weighted by atomic mass is 79.9. The number of aromatic amines is 1. The van der Waals surface area contributed by atoms with Gasteiger partial charge < -0.3 is 10.6 Å². The Bertz CT molecular complexity index is 332. The van der Waals surface area contributed by atoms with Crippen LogP contribution in [-0.4, -0.2) is 28.7 Å². The number of halogens is 1. The van der Waals surface area contributed by atoms with Crippen LogP contribution in [0.2, 0.25) is 0 Å². The Morgan fingerprint density at radius 2 is 2.57 bits per heavy atom. The summed E-state index contributed by atoms with van der Waals surface area (Å²) < 4.78 is 0.767. The monoisotopic (exact) mass is 258 g/mol. The van der Waals surface area contributed by atoms with E-state index < -0.39 is 0 Å². The predicted octanol–water partition coefficient (Wildman–Crippen LogP) is 0.863. The Kier molecular flexibility index (Phi) is 2.83. The van der Waals surface area contributed by atoms with Crippen molar-refractivity contribution in [1.29, 1.82) is 0 Å². The molecule has 0 saturated carbocycles.